The molecule has 2 rings (SSSR count). The number of hydrogen-bond donors (Lipinski definition) is 1. The molecule has 1 heterocycles. The molecule has 1 amide bonds. The van der Waals surface area contributed by atoms with Crippen LogP contribution in [-0.4, -0.2) is 48.7 Å². The Labute approximate surface area is 132 Å². The molecular formula is C15H18BrNO4. The summed E-state index contributed by atoms with van der Waals surface area (Å²) in [5.74, 6) is -0.950. The summed E-state index contributed by atoms with van der Waals surface area (Å²) in [7, 11) is 1.48. The molecule has 0 bridgehead atoms. The van der Waals surface area contributed by atoms with Gasteiger partial charge in [-0.05, 0) is 24.1 Å². The van der Waals surface area contributed by atoms with Gasteiger partial charge in [0.05, 0.1) is 13.0 Å². The third-order valence-corrected chi connectivity index (χ3v) is 4.32. The molecule has 1 aromatic carbocycles. The van der Waals surface area contributed by atoms with Gasteiger partial charge >= 0.3 is 5.97 Å². The first-order valence-corrected chi connectivity index (χ1v) is 7.51. The Hall–Kier alpha value is -1.40. The molecule has 0 aliphatic carbocycles. The van der Waals surface area contributed by atoms with E-state index < -0.39 is 11.4 Å². The van der Waals surface area contributed by atoms with E-state index in [4.69, 9.17) is 4.74 Å². The van der Waals surface area contributed by atoms with Gasteiger partial charge in [-0.25, -0.2) is 0 Å². The van der Waals surface area contributed by atoms with Crippen LogP contribution in [-0.2, 0) is 20.7 Å². The highest BCUT2D eigenvalue weighted by molar-refractivity contribution is 9.10. The summed E-state index contributed by atoms with van der Waals surface area (Å²) < 4.78 is 5.95. The minimum atomic E-state index is -0.971. The van der Waals surface area contributed by atoms with E-state index in [0.717, 1.165) is 10.0 Å². The summed E-state index contributed by atoms with van der Waals surface area (Å²) in [6.07, 6.45) is 0.711. The summed E-state index contributed by atoms with van der Waals surface area (Å²) >= 11 is 3.37. The summed E-state index contributed by atoms with van der Waals surface area (Å²) in [4.78, 5) is 25.4. The smallest absolute Gasteiger partial charge is 0.313 e. The van der Waals surface area contributed by atoms with Crippen molar-refractivity contribution in [2.75, 3.05) is 26.8 Å². The zero-order valence-electron chi connectivity index (χ0n) is 11.8. The van der Waals surface area contributed by atoms with E-state index in [-0.39, 0.29) is 25.5 Å². The largest absolute Gasteiger partial charge is 0.481 e. The van der Waals surface area contributed by atoms with Crippen LogP contribution in [0.2, 0.25) is 0 Å². The predicted octanol–water partition coefficient (Wildman–Crippen LogP) is 1.94. The first-order valence-electron chi connectivity index (χ1n) is 6.71. The van der Waals surface area contributed by atoms with Crippen molar-refractivity contribution in [3.63, 3.8) is 0 Å². The molecule has 1 fully saturated rings. The molecule has 0 saturated carbocycles. The first-order chi connectivity index (χ1) is 9.97. The van der Waals surface area contributed by atoms with Crippen molar-refractivity contribution in [1.82, 2.24) is 4.90 Å². The Balaban J connectivity index is 2.03. The van der Waals surface area contributed by atoms with Gasteiger partial charge in [-0.1, -0.05) is 28.1 Å². The second kappa shape index (κ2) is 6.58. The molecule has 1 atom stereocenters. The number of hydrogen-bond acceptors (Lipinski definition) is 3. The number of nitrogens with zero attached hydrogens (tertiary/aromatic N) is 1. The number of likely N-dealkylation sites (tertiary alicyclic amines) is 1. The molecule has 0 aromatic heterocycles. The van der Waals surface area contributed by atoms with Gasteiger partial charge in [0.1, 0.15) is 5.41 Å². The Morgan fingerprint density at radius 1 is 1.48 bits per heavy atom. The van der Waals surface area contributed by atoms with Crippen LogP contribution in [0, 0.1) is 5.41 Å². The predicted molar refractivity (Wildman–Crippen MR) is 81.0 cm³/mol. The third-order valence-electron chi connectivity index (χ3n) is 3.83. The van der Waals surface area contributed by atoms with E-state index in [0.29, 0.717) is 13.0 Å². The maximum Gasteiger partial charge on any atom is 0.313 e. The number of carbonyl (C=O) groups is 2. The zero-order valence-corrected chi connectivity index (χ0v) is 13.4. The number of amides is 1. The van der Waals surface area contributed by atoms with Crippen LogP contribution in [0.1, 0.15) is 12.0 Å². The number of benzene rings is 1. The third kappa shape index (κ3) is 3.63. The van der Waals surface area contributed by atoms with Crippen molar-refractivity contribution >= 4 is 27.8 Å². The highest BCUT2D eigenvalue weighted by Gasteiger charge is 2.46. The second-order valence-electron chi connectivity index (χ2n) is 5.39. The van der Waals surface area contributed by atoms with Gasteiger partial charge in [-0.2, -0.15) is 0 Å². The Morgan fingerprint density at radius 3 is 2.86 bits per heavy atom. The van der Waals surface area contributed by atoms with Crippen molar-refractivity contribution in [3.8, 4) is 0 Å². The lowest BCUT2D eigenvalue weighted by Gasteiger charge is -2.23. The average molecular weight is 356 g/mol. The van der Waals surface area contributed by atoms with Crippen molar-refractivity contribution in [2.24, 2.45) is 5.41 Å². The number of carboxylic acids is 1. The number of carbonyl (C=O) groups excluding carboxylic acids is 1. The SMILES string of the molecule is COCC1(C(=O)O)CCN(C(=O)Cc2cccc(Br)c2)C1. The molecule has 1 aliphatic rings. The molecule has 1 unspecified atom stereocenters. The number of aliphatic carboxylic acids is 1. The molecular weight excluding hydrogens is 338 g/mol. The molecule has 1 aliphatic heterocycles. The van der Waals surface area contributed by atoms with E-state index in [1.807, 2.05) is 24.3 Å². The average Bonchev–Trinajstić information content (AvgIpc) is 2.85. The fourth-order valence-electron chi connectivity index (χ4n) is 2.65. The number of ether oxygens (including phenoxy) is 1. The maximum absolute atomic E-state index is 12.3. The Morgan fingerprint density at radius 2 is 2.24 bits per heavy atom. The summed E-state index contributed by atoms with van der Waals surface area (Å²) in [6, 6.07) is 7.56. The fraction of sp³-hybridized carbons (Fsp3) is 0.467. The molecule has 1 N–H and O–H groups in total. The topological polar surface area (TPSA) is 66.8 Å². The number of methoxy groups -OCH3 is 1. The molecule has 1 aromatic rings. The number of rotatable bonds is 5. The van der Waals surface area contributed by atoms with E-state index in [1.54, 1.807) is 4.90 Å². The van der Waals surface area contributed by atoms with Crippen molar-refractivity contribution in [3.05, 3.63) is 34.3 Å². The van der Waals surface area contributed by atoms with Gasteiger partial charge in [0.2, 0.25) is 5.91 Å². The van der Waals surface area contributed by atoms with Crippen molar-refractivity contribution in [1.29, 1.82) is 0 Å². The summed E-state index contributed by atoms with van der Waals surface area (Å²) in [5.41, 5.74) is -0.0595. The molecule has 0 radical (unpaired) electrons. The van der Waals surface area contributed by atoms with Crippen LogP contribution in [0.15, 0.2) is 28.7 Å². The highest BCUT2D eigenvalue weighted by atomic mass is 79.9. The standard InChI is InChI=1S/C15H18BrNO4/c1-21-10-15(14(19)20)5-6-17(9-15)13(18)8-11-3-2-4-12(16)7-11/h2-4,7H,5-6,8-10H2,1H3,(H,19,20). The van der Waals surface area contributed by atoms with Crippen LogP contribution in [0.5, 0.6) is 0 Å². The molecule has 114 valence electrons. The van der Waals surface area contributed by atoms with Gasteiger partial charge in [-0.3, -0.25) is 9.59 Å². The Kier molecular flexibility index (Phi) is 5.00. The molecule has 1 saturated heterocycles. The monoisotopic (exact) mass is 355 g/mol. The lowest BCUT2D eigenvalue weighted by molar-refractivity contribution is -0.151. The van der Waals surface area contributed by atoms with Gasteiger partial charge in [0, 0.05) is 24.7 Å². The van der Waals surface area contributed by atoms with E-state index >= 15 is 0 Å². The van der Waals surface area contributed by atoms with Gasteiger partial charge in [0.15, 0.2) is 0 Å². The minimum absolute atomic E-state index is 0.0488. The highest BCUT2D eigenvalue weighted by Crippen LogP contribution is 2.31. The Bertz CT molecular complexity index is 548. The van der Waals surface area contributed by atoms with Crippen LogP contribution in [0.4, 0.5) is 0 Å². The molecule has 6 heteroatoms. The van der Waals surface area contributed by atoms with Gasteiger partial charge < -0.3 is 14.7 Å². The minimum Gasteiger partial charge on any atom is -0.481 e. The van der Waals surface area contributed by atoms with Crippen LogP contribution in [0.25, 0.3) is 0 Å². The normalized spacial score (nSPS) is 21.5. The maximum atomic E-state index is 12.3. The van der Waals surface area contributed by atoms with Crippen LogP contribution < -0.4 is 0 Å². The van der Waals surface area contributed by atoms with Crippen molar-refractivity contribution in [2.45, 2.75) is 12.8 Å². The van der Waals surface area contributed by atoms with E-state index in [1.165, 1.54) is 7.11 Å². The summed E-state index contributed by atoms with van der Waals surface area (Å²) in [6.45, 7) is 0.800. The van der Waals surface area contributed by atoms with E-state index in [2.05, 4.69) is 15.9 Å². The zero-order chi connectivity index (χ0) is 15.5. The first kappa shape index (κ1) is 16.0. The molecule has 5 nitrogen and oxygen atoms in total. The van der Waals surface area contributed by atoms with Gasteiger partial charge in [-0.15, -0.1) is 0 Å². The van der Waals surface area contributed by atoms with E-state index in [9.17, 15) is 14.7 Å². The fourth-order valence-corrected chi connectivity index (χ4v) is 3.10. The molecule has 21 heavy (non-hydrogen) atoms. The summed E-state index contributed by atoms with van der Waals surface area (Å²) in [5, 5.41) is 9.40. The van der Waals surface area contributed by atoms with Crippen molar-refractivity contribution < 1.29 is 19.4 Å². The van der Waals surface area contributed by atoms with Crippen LogP contribution >= 0.6 is 15.9 Å². The number of halogens is 1. The van der Waals surface area contributed by atoms with Gasteiger partial charge in [0.25, 0.3) is 0 Å². The quantitative estimate of drug-likeness (QED) is 0.876. The van der Waals surface area contributed by atoms with Crippen LogP contribution in [0.3, 0.4) is 0 Å². The lowest BCUT2D eigenvalue weighted by atomic mass is 9.88. The lowest BCUT2D eigenvalue weighted by Crippen LogP contribution is -2.40. The molecule has 0 spiro atoms. The number of carboxylic acid groups (broad SMARTS) is 1. The second-order valence-corrected chi connectivity index (χ2v) is 6.31.